The largest absolute Gasteiger partial charge is 0.571 e. The van der Waals surface area contributed by atoms with Crippen LogP contribution in [0.15, 0.2) is 36.1 Å². The summed E-state index contributed by atoms with van der Waals surface area (Å²) in [7, 11) is 0. The molecule has 0 aliphatic carbocycles. The number of phenols is 3. The van der Waals surface area contributed by atoms with Gasteiger partial charge in [-0.1, -0.05) is 0 Å². The third-order valence-corrected chi connectivity index (χ3v) is 7.04. The number of phenolic OH excluding ortho intramolecular Hbond substituents is 3. The normalized spacial score (nSPS) is 35.1. The summed E-state index contributed by atoms with van der Waals surface area (Å²) in [6.07, 6.45) is -13.7. The van der Waals surface area contributed by atoms with E-state index < -0.39 is 79.5 Å². The van der Waals surface area contributed by atoms with Gasteiger partial charge in [-0.2, -0.15) is 0 Å². The zero-order chi connectivity index (χ0) is 29.6. The minimum atomic E-state index is -1.75. The molecule has 0 radical (unpaired) electrons. The second kappa shape index (κ2) is 11.5. The van der Waals surface area contributed by atoms with Gasteiger partial charge in [-0.25, -0.2) is 0 Å². The molecular formula is C26H31O15+. The smallest absolute Gasteiger partial charge is 0.270 e. The number of benzene rings is 2. The molecule has 224 valence electrons. The lowest BCUT2D eigenvalue weighted by atomic mass is 9.99. The lowest BCUT2D eigenvalue weighted by Crippen LogP contribution is -2.60. The van der Waals surface area contributed by atoms with Gasteiger partial charge in [0.15, 0.2) is 17.3 Å². The summed E-state index contributed by atoms with van der Waals surface area (Å²) in [6.45, 7) is -1.05. The van der Waals surface area contributed by atoms with E-state index in [2.05, 4.69) is 4.74 Å². The number of aromatic hydroxyl groups is 4. The topological polar surface area (TPSA) is 252 Å². The Balaban J connectivity index is 1.53. The first-order chi connectivity index (χ1) is 19.5. The lowest BCUT2D eigenvalue weighted by Gasteiger charge is -2.40. The fourth-order valence-electron chi connectivity index (χ4n) is 4.73. The molecule has 2 aromatic rings. The van der Waals surface area contributed by atoms with Crippen LogP contribution in [0, 0.1) is 0 Å². The molecule has 0 bridgehead atoms. The molecule has 5 rings (SSSR count). The Morgan fingerprint density at radius 1 is 0.805 bits per heavy atom. The second-order valence-electron chi connectivity index (χ2n) is 9.89. The van der Waals surface area contributed by atoms with Crippen molar-refractivity contribution >= 4 is 6.08 Å². The van der Waals surface area contributed by atoms with E-state index in [0.717, 1.165) is 6.07 Å². The molecule has 10 atom stereocenters. The van der Waals surface area contributed by atoms with Gasteiger partial charge in [0.25, 0.3) is 11.9 Å². The molecule has 3 aliphatic heterocycles. The molecule has 15 nitrogen and oxygen atoms in total. The SMILES string of the molecule is OC[C@H]1O[C@@H](Oc2cc(O)cc3c2C=C(O[C@@H]2OC[C@H](O)[C@H](O)[C@@H]2O)C(c2ccc(O)c(O)c2)[OH+]3)[C@H](O)[C@@H](O)[C@@H]1O. The van der Waals surface area contributed by atoms with Crippen LogP contribution in [0.3, 0.4) is 0 Å². The third kappa shape index (κ3) is 5.59. The number of aliphatic hydroxyl groups excluding tert-OH is 7. The van der Waals surface area contributed by atoms with Crippen LogP contribution in [0.5, 0.6) is 28.7 Å². The Morgan fingerprint density at radius 2 is 1.54 bits per heavy atom. The predicted molar refractivity (Wildman–Crippen MR) is 134 cm³/mol. The van der Waals surface area contributed by atoms with Crippen molar-refractivity contribution in [3.8, 4) is 28.7 Å². The third-order valence-electron chi connectivity index (χ3n) is 7.04. The minimum Gasteiger partial charge on any atom is -0.571 e. The zero-order valence-electron chi connectivity index (χ0n) is 21.2. The standard InChI is InChI=1S/C26H30O15/c27-7-18-20(33)21(34)23(36)26(41-18)39-16-5-10(28)4-15-11(16)6-17(40-25-22(35)19(32)14(31)8-37-25)24(38-15)9-1-2-12(29)13(30)3-9/h1-6,14,18-36H,7-8H2/p+1/t14-,18+,19-,20+,21-,22-,23+,24?,25-,26+/m0/s1. The fraction of sp³-hybridized carbons (Fsp3) is 0.462. The molecule has 1 unspecified atom stereocenters. The van der Waals surface area contributed by atoms with Gasteiger partial charge in [0.1, 0.15) is 59.8 Å². The van der Waals surface area contributed by atoms with Crippen molar-refractivity contribution in [3.05, 3.63) is 47.2 Å². The summed E-state index contributed by atoms with van der Waals surface area (Å²) in [5.74, 6) is -1.18. The van der Waals surface area contributed by atoms with Gasteiger partial charge in [0, 0.05) is 12.1 Å². The number of fused-ring (bicyclic) bond motifs is 1. The van der Waals surface area contributed by atoms with E-state index >= 15 is 0 Å². The molecule has 0 saturated carbocycles. The van der Waals surface area contributed by atoms with Gasteiger partial charge < -0.3 is 74.7 Å². The maximum absolute atomic E-state index is 10.4. The van der Waals surface area contributed by atoms with E-state index in [-0.39, 0.29) is 35.2 Å². The summed E-state index contributed by atoms with van der Waals surface area (Å²) < 4.78 is 27.0. The maximum atomic E-state index is 10.4. The molecule has 2 aromatic carbocycles. The number of hydrogen-bond donors (Lipinski definition) is 10. The Hall–Kier alpha value is -3.38. The Kier molecular flexibility index (Phi) is 8.15. The first-order valence-corrected chi connectivity index (χ1v) is 12.6. The van der Waals surface area contributed by atoms with Crippen LogP contribution in [-0.2, 0) is 14.2 Å². The van der Waals surface area contributed by atoms with Crippen LogP contribution in [0.2, 0.25) is 0 Å². The lowest BCUT2D eigenvalue weighted by molar-refractivity contribution is -0.277. The van der Waals surface area contributed by atoms with Gasteiger partial charge >= 0.3 is 0 Å². The van der Waals surface area contributed by atoms with E-state index in [1.54, 1.807) is 0 Å². The highest BCUT2D eigenvalue weighted by Gasteiger charge is 2.46. The average molecular weight is 584 g/mol. The fourth-order valence-corrected chi connectivity index (χ4v) is 4.73. The van der Waals surface area contributed by atoms with E-state index in [1.807, 2.05) is 0 Å². The van der Waals surface area contributed by atoms with Crippen molar-refractivity contribution in [2.45, 2.75) is 61.4 Å². The first kappa shape index (κ1) is 29.1. The zero-order valence-corrected chi connectivity index (χ0v) is 21.2. The Morgan fingerprint density at radius 3 is 2.24 bits per heavy atom. The second-order valence-corrected chi connectivity index (χ2v) is 9.89. The molecule has 2 saturated heterocycles. The van der Waals surface area contributed by atoms with Gasteiger partial charge in [-0.3, -0.25) is 0 Å². The van der Waals surface area contributed by atoms with E-state index in [0.29, 0.717) is 5.56 Å². The van der Waals surface area contributed by atoms with Crippen LogP contribution in [0.25, 0.3) is 6.08 Å². The van der Waals surface area contributed by atoms with E-state index in [9.17, 15) is 51.1 Å². The average Bonchev–Trinajstić information content (AvgIpc) is 2.95. The summed E-state index contributed by atoms with van der Waals surface area (Å²) >= 11 is 0. The van der Waals surface area contributed by atoms with Crippen LogP contribution in [0.1, 0.15) is 17.2 Å². The summed E-state index contributed by atoms with van der Waals surface area (Å²) in [6, 6.07) is 6.31. The van der Waals surface area contributed by atoms with Crippen molar-refractivity contribution in [1.82, 2.24) is 0 Å². The van der Waals surface area contributed by atoms with Gasteiger partial charge in [0.2, 0.25) is 12.6 Å². The molecule has 15 heteroatoms. The van der Waals surface area contributed by atoms with E-state index in [4.69, 9.17) is 18.9 Å². The molecule has 0 amide bonds. The number of ether oxygens (including phenoxy) is 5. The van der Waals surface area contributed by atoms with Crippen LogP contribution >= 0.6 is 0 Å². The Bertz CT molecular complexity index is 1280. The molecule has 2 fully saturated rings. The first-order valence-electron chi connectivity index (χ1n) is 12.6. The summed E-state index contributed by atoms with van der Waals surface area (Å²) in [5.41, 5.74) is 0.475. The van der Waals surface area contributed by atoms with Crippen LogP contribution in [0.4, 0.5) is 0 Å². The highest BCUT2D eigenvalue weighted by molar-refractivity contribution is 5.70. The minimum absolute atomic E-state index is 0.0143. The molecule has 41 heavy (non-hydrogen) atoms. The van der Waals surface area contributed by atoms with E-state index in [1.165, 1.54) is 30.3 Å². The monoisotopic (exact) mass is 583 g/mol. The van der Waals surface area contributed by atoms with Gasteiger partial charge in [-0.05, 0) is 18.2 Å². The molecule has 3 heterocycles. The summed E-state index contributed by atoms with van der Waals surface area (Å²) in [5, 5.41) is 101. The maximum Gasteiger partial charge on any atom is 0.270 e. The predicted octanol–water partition coefficient (Wildman–Crippen LogP) is -2.23. The van der Waals surface area contributed by atoms with Crippen molar-refractivity contribution in [2.75, 3.05) is 13.2 Å². The highest BCUT2D eigenvalue weighted by atomic mass is 16.7. The quantitative estimate of drug-likeness (QED) is 0.128. The van der Waals surface area contributed by atoms with Crippen LogP contribution in [-0.4, -0.2) is 124 Å². The molecule has 3 aliphatic rings. The highest BCUT2D eigenvalue weighted by Crippen LogP contribution is 2.47. The van der Waals surface area contributed by atoms with Crippen molar-refractivity contribution in [3.63, 3.8) is 0 Å². The van der Waals surface area contributed by atoms with Crippen molar-refractivity contribution in [1.29, 1.82) is 0 Å². The molecule has 0 aromatic heterocycles. The number of rotatable bonds is 6. The molecule has 11 N–H and O–H groups in total. The number of hydrogen-bond acceptors (Lipinski definition) is 14. The summed E-state index contributed by atoms with van der Waals surface area (Å²) in [4.78, 5) is 0. The van der Waals surface area contributed by atoms with Gasteiger partial charge in [0.05, 0.1) is 24.8 Å². The number of aliphatic hydroxyl groups is 8. The Labute approximate surface area is 231 Å². The van der Waals surface area contributed by atoms with Crippen LogP contribution < -0.4 is 4.74 Å². The van der Waals surface area contributed by atoms with Gasteiger partial charge in [-0.15, -0.1) is 0 Å². The molecular weight excluding hydrogens is 552 g/mol. The molecule has 0 spiro atoms. The van der Waals surface area contributed by atoms with Crippen molar-refractivity contribution in [2.24, 2.45) is 0 Å². The van der Waals surface area contributed by atoms with Crippen molar-refractivity contribution < 1.29 is 74.7 Å².